The Labute approximate surface area is 281 Å². The molecule has 1 saturated carbocycles. The van der Waals surface area contributed by atoms with Gasteiger partial charge in [0.2, 0.25) is 5.88 Å². The second-order valence-corrected chi connectivity index (χ2v) is 16.4. The first-order valence-corrected chi connectivity index (χ1v) is 17.4. The van der Waals surface area contributed by atoms with Crippen molar-refractivity contribution >= 4 is 17.4 Å². The summed E-state index contributed by atoms with van der Waals surface area (Å²) < 4.78 is 19.0. The van der Waals surface area contributed by atoms with Crippen molar-refractivity contribution < 1.29 is 19.0 Å². The summed E-state index contributed by atoms with van der Waals surface area (Å²) in [6.45, 7) is 30.8. The fourth-order valence-corrected chi connectivity index (χ4v) is 8.03. The molecule has 0 bridgehead atoms. The van der Waals surface area contributed by atoms with Crippen LogP contribution in [0.5, 0.6) is 11.6 Å². The second-order valence-electron chi connectivity index (χ2n) is 16.4. The van der Waals surface area contributed by atoms with Gasteiger partial charge in [-0.25, -0.2) is 19.1 Å². The van der Waals surface area contributed by atoms with Crippen LogP contribution in [-0.2, 0) is 16.6 Å². The lowest BCUT2D eigenvalue weighted by molar-refractivity contribution is 0.0259. The summed E-state index contributed by atoms with van der Waals surface area (Å²) in [5.74, 6) is 4.31. The van der Waals surface area contributed by atoms with Gasteiger partial charge in [0.1, 0.15) is 11.4 Å². The van der Waals surface area contributed by atoms with Gasteiger partial charge in [-0.15, -0.1) is 0 Å². The van der Waals surface area contributed by atoms with Crippen LogP contribution in [-0.4, -0.2) is 59.0 Å². The van der Waals surface area contributed by atoms with E-state index < -0.39 is 6.09 Å². The molecule has 9 heteroatoms. The number of carbonyl (C=O) groups is 1. The average Bonchev–Trinajstić information content (AvgIpc) is 3.55. The third-order valence-corrected chi connectivity index (χ3v) is 10.3. The Morgan fingerprint density at radius 1 is 1.15 bits per heavy atom. The van der Waals surface area contributed by atoms with Gasteiger partial charge in [-0.3, -0.25) is 5.10 Å². The molecule has 1 amide bonds. The Morgan fingerprint density at radius 3 is 2.45 bits per heavy atom. The third kappa shape index (κ3) is 7.33. The summed E-state index contributed by atoms with van der Waals surface area (Å²) in [7, 11) is 1.69. The summed E-state index contributed by atoms with van der Waals surface area (Å²) in [5, 5.41) is 3.43. The molecule has 1 aliphatic carbocycles. The smallest absolute Gasteiger partial charge is 0.415 e. The first kappa shape index (κ1) is 34.8. The van der Waals surface area contributed by atoms with Crippen LogP contribution < -0.4 is 9.47 Å². The molecule has 3 heterocycles. The van der Waals surface area contributed by atoms with E-state index in [1.54, 1.807) is 16.5 Å². The van der Waals surface area contributed by atoms with E-state index in [9.17, 15) is 4.79 Å². The maximum absolute atomic E-state index is 13.5. The maximum atomic E-state index is 13.5. The second kappa shape index (κ2) is 13.5. The maximum Gasteiger partial charge on any atom is 0.415 e. The number of hydrogen-bond acceptors (Lipinski definition) is 5. The molecule has 5 rings (SSSR count). The van der Waals surface area contributed by atoms with Gasteiger partial charge in [0.15, 0.2) is 5.82 Å². The van der Waals surface area contributed by atoms with E-state index in [1.807, 2.05) is 12.1 Å². The summed E-state index contributed by atoms with van der Waals surface area (Å²) in [4.78, 5) is 24.3. The van der Waals surface area contributed by atoms with Crippen LogP contribution in [0.1, 0.15) is 92.7 Å². The third-order valence-electron chi connectivity index (χ3n) is 10.3. The van der Waals surface area contributed by atoms with Crippen molar-refractivity contribution in [2.24, 2.45) is 35.0 Å². The number of nitrogens with zero attached hydrogens (tertiary/aromatic N) is 4. The summed E-state index contributed by atoms with van der Waals surface area (Å²) in [6.07, 6.45) is 3.74. The molecule has 2 aliphatic rings. The Kier molecular flexibility index (Phi) is 10.0. The first-order chi connectivity index (χ1) is 22.1. The number of hydrogen-bond donors (Lipinski definition) is 1. The Hall–Kier alpha value is -3.51. The van der Waals surface area contributed by atoms with E-state index in [2.05, 4.69) is 78.3 Å². The highest BCUT2D eigenvalue weighted by Gasteiger charge is 2.43. The molecule has 2 fully saturated rings. The zero-order chi connectivity index (χ0) is 34.3. The molecule has 1 saturated heterocycles. The van der Waals surface area contributed by atoms with Crippen LogP contribution in [0, 0.1) is 41.6 Å². The van der Waals surface area contributed by atoms with Crippen LogP contribution in [0.4, 0.5) is 10.5 Å². The fraction of sp³-hybridized carbons (Fsp3) is 0.658. The van der Waals surface area contributed by atoms with Crippen molar-refractivity contribution in [3.05, 3.63) is 40.7 Å². The van der Waals surface area contributed by atoms with Crippen molar-refractivity contribution in [2.45, 2.75) is 93.4 Å². The SMILES string of the molecule is [C-]#[N+]c1c(CC2C(CC(C)C)CC(C)CC2C(C)(C)C)c2nc(-c3ccc(OC)c(C(C)(C)C)c3)[nH]n2c1OC(=O)N1CCOCC1. The Balaban J connectivity index is 1.66. The number of fused-ring (bicyclic) bond motifs is 1. The summed E-state index contributed by atoms with van der Waals surface area (Å²) in [5.41, 5.74) is 3.82. The van der Waals surface area contributed by atoms with Gasteiger partial charge in [-0.2, -0.15) is 0 Å². The predicted octanol–water partition coefficient (Wildman–Crippen LogP) is 8.93. The molecule has 1 N–H and O–H groups in total. The van der Waals surface area contributed by atoms with Gasteiger partial charge in [0.05, 0.1) is 26.9 Å². The van der Waals surface area contributed by atoms with Crippen molar-refractivity contribution in [3.8, 4) is 23.0 Å². The van der Waals surface area contributed by atoms with E-state index in [0.717, 1.165) is 28.9 Å². The molecule has 256 valence electrons. The normalized spacial score (nSPS) is 22.5. The van der Waals surface area contributed by atoms with E-state index >= 15 is 0 Å². The minimum Gasteiger partial charge on any atom is -0.496 e. The molecular weight excluding hydrogens is 590 g/mol. The molecule has 1 aliphatic heterocycles. The lowest BCUT2D eigenvalue weighted by Crippen LogP contribution is -2.42. The molecule has 2 aromatic heterocycles. The Bertz CT molecular complexity index is 1610. The van der Waals surface area contributed by atoms with Gasteiger partial charge in [0, 0.05) is 29.8 Å². The van der Waals surface area contributed by atoms with Gasteiger partial charge >= 0.3 is 6.09 Å². The number of morpholine rings is 1. The largest absolute Gasteiger partial charge is 0.496 e. The highest BCUT2D eigenvalue weighted by molar-refractivity contribution is 5.80. The number of carbonyl (C=O) groups excluding carboxylic acids is 1. The molecule has 0 spiro atoms. The molecule has 4 atom stereocenters. The highest BCUT2D eigenvalue weighted by atomic mass is 16.6. The van der Waals surface area contributed by atoms with Gasteiger partial charge < -0.3 is 19.1 Å². The number of aromatic nitrogens is 3. The van der Waals surface area contributed by atoms with Crippen molar-refractivity contribution in [1.29, 1.82) is 0 Å². The van der Waals surface area contributed by atoms with Crippen molar-refractivity contribution in [3.63, 3.8) is 0 Å². The van der Waals surface area contributed by atoms with Crippen LogP contribution in [0.2, 0.25) is 0 Å². The van der Waals surface area contributed by atoms with E-state index in [0.29, 0.717) is 79.5 Å². The number of H-pyrrole nitrogens is 1. The van der Waals surface area contributed by atoms with Gasteiger partial charge in [-0.1, -0.05) is 62.3 Å². The number of amides is 1. The average molecular weight is 646 g/mol. The van der Waals surface area contributed by atoms with E-state index in [1.165, 1.54) is 12.8 Å². The number of ether oxygens (including phenoxy) is 3. The molecule has 0 radical (unpaired) electrons. The monoisotopic (exact) mass is 645 g/mol. The molecule has 3 aromatic rings. The molecular formula is C38H55N5O4. The van der Waals surface area contributed by atoms with Crippen molar-refractivity contribution in [2.75, 3.05) is 33.4 Å². The van der Waals surface area contributed by atoms with Crippen LogP contribution >= 0.6 is 0 Å². The topological polar surface area (TPSA) is 85.4 Å². The molecule has 1 aromatic carbocycles. The number of methoxy groups -OCH3 is 1. The minimum absolute atomic E-state index is 0.112. The summed E-state index contributed by atoms with van der Waals surface area (Å²) >= 11 is 0. The predicted molar refractivity (Wildman–Crippen MR) is 186 cm³/mol. The fourth-order valence-electron chi connectivity index (χ4n) is 8.03. The van der Waals surface area contributed by atoms with Crippen molar-refractivity contribution in [1.82, 2.24) is 19.5 Å². The number of nitrogens with one attached hydrogen (secondary N) is 1. The molecule has 47 heavy (non-hydrogen) atoms. The minimum atomic E-state index is -0.475. The zero-order valence-electron chi connectivity index (χ0n) is 30.2. The number of aromatic amines is 1. The van der Waals surface area contributed by atoms with E-state index in [-0.39, 0.29) is 16.7 Å². The quantitative estimate of drug-likeness (QED) is 0.259. The lowest BCUT2D eigenvalue weighted by Gasteiger charge is -2.48. The number of rotatable bonds is 7. The van der Waals surface area contributed by atoms with E-state index in [4.69, 9.17) is 25.8 Å². The Morgan fingerprint density at radius 2 is 1.85 bits per heavy atom. The van der Waals surface area contributed by atoms with Gasteiger partial charge in [-0.05, 0) is 84.3 Å². The van der Waals surface area contributed by atoms with Gasteiger partial charge in [0.25, 0.3) is 5.69 Å². The lowest BCUT2D eigenvalue weighted by atomic mass is 9.57. The highest BCUT2D eigenvalue weighted by Crippen LogP contribution is 2.51. The van der Waals surface area contributed by atoms with Crippen LogP contribution in [0.15, 0.2) is 18.2 Å². The standard InChI is InChI=1S/C38H55N5O4/c1-23(2)18-26-19-24(3)20-29(37(4,5)6)27(26)22-28-32(39-10)35(47-36(44)42-14-16-46-17-15-42)43-34(28)40-33(41-43)25-12-13-31(45-11)30(21-25)38(7,8)9/h12-13,21,23-24,26-27,29H,14-20,22H2,1-9,11H3,(H,40,41). The first-order valence-electron chi connectivity index (χ1n) is 17.4. The van der Waals surface area contributed by atoms with Crippen LogP contribution in [0.25, 0.3) is 21.9 Å². The molecule has 9 nitrogen and oxygen atoms in total. The number of benzene rings is 1. The summed E-state index contributed by atoms with van der Waals surface area (Å²) in [6, 6.07) is 6.09. The molecule has 4 unspecified atom stereocenters. The zero-order valence-corrected chi connectivity index (χ0v) is 30.2. The van der Waals surface area contributed by atoms with Crippen LogP contribution in [0.3, 0.4) is 0 Å².